The number of halogens is 3. The Kier molecular flexibility index (Phi) is 4.87. The molecular weight excluding hydrogens is 464 g/mol. The minimum absolute atomic E-state index is 0.154. The van der Waals surface area contributed by atoms with Crippen LogP contribution < -0.4 is 4.72 Å². The number of imidazole rings is 1. The molecular formula is C20H14BrF2N3O2S. The third kappa shape index (κ3) is 4.15. The van der Waals surface area contributed by atoms with Crippen LogP contribution in [0.15, 0.2) is 65.4 Å². The summed E-state index contributed by atoms with van der Waals surface area (Å²) in [6.45, 7) is 0. The van der Waals surface area contributed by atoms with Crippen molar-refractivity contribution in [3.8, 4) is 22.4 Å². The summed E-state index contributed by atoms with van der Waals surface area (Å²) < 4.78 is 56.3. The molecule has 0 aliphatic rings. The van der Waals surface area contributed by atoms with Crippen molar-refractivity contribution in [1.82, 2.24) is 9.38 Å². The maximum atomic E-state index is 14.4. The Labute approximate surface area is 174 Å². The highest BCUT2D eigenvalue weighted by Gasteiger charge is 2.14. The maximum absolute atomic E-state index is 14.4. The van der Waals surface area contributed by atoms with E-state index in [1.807, 2.05) is 22.7 Å². The number of benzene rings is 2. The number of sulfonamides is 1. The lowest BCUT2D eigenvalue weighted by Crippen LogP contribution is -2.09. The van der Waals surface area contributed by atoms with Gasteiger partial charge in [-0.05, 0) is 48.0 Å². The van der Waals surface area contributed by atoms with Crippen molar-refractivity contribution in [3.05, 3.63) is 77.0 Å². The molecule has 29 heavy (non-hydrogen) atoms. The summed E-state index contributed by atoms with van der Waals surface area (Å²) in [7, 11) is -3.56. The molecule has 0 spiro atoms. The minimum atomic E-state index is -3.56. The average molecular weight is 478 g/mol. The van der Waals surface area contributed by atoms with Crippen LogP contribution in [0.3, 0.4) is 0 Å². The molecule has 9 heteroatoms. The number of rotatable bonds is 4. The molecule has 2 aromatic heterocycles. The first-order chi connectivity index (χ1) is 13.7. The van der Waals surface area contributed by atoms with E-state index in [0.29, 0.717) is 22.5 Å². The van der Waals surface area contributed by atoms with Gasteiger partial charge in [0.15, 0.2) is 0 Å². The lowest BCUT2D eigenvalue weighted by Gasteiger charge is -2.12. The lowest BCUT2D eigenvalue weighted by atomic mass is 10.0. The number of pyridine rings is 1. The molecule has 2 heterocycles. The second-order valence-corrected chi connectivity index (χ2v) is 9.18. The molecule has 4 aromatic rings. The van der Waals surface area contributed by atoms with Crippen LogP contribution in [0.25, 0.3) is 28.0 Å². The van der Waals surface area contributed by atoms with E-state index >= 15 is 0 Å². The van der Waals surface area contributed by atoms with Crippen molar-refractivity contribution in [2.45, 2.75) is 0 Å². The van der Waals surface area contributed by atoms with Gasteiger partial charge in [0.05, 0.1) is 18.1 Å². The summed E-state index contributed by atoms with van der Waals surface area (Å²) in [4.78, 5) is 4.36. The Morgan fingerprint density at radius 2 is 1.79 bits per heavy atom. The topological polar surface area (TPSA) is 63.5 Å². The van der Waals surface area contributed by atoms with Crippen LogP contribution in [0.4, 0.5) is 14.5 Å². The van der Waals surface area contributed by atoms with Crippen molar-refractivity contribution >= 4 is 37.3 Å². The number of hydrogen-bond donors (Lipinski definition) is 1. The molecule has 0 amide bonds. The first-order valence-corrected chi connectivity index (χ1v) is 11.1. The third-order valence-electron chi connectivity index (χ3n) is 4.25. The second-order valence-electron chi connectivity index (χ2n) is 6.51. The Hall–Kier alpha value is -2.78. The van der Waals surface area contributed by atoms with E-state index in [2.05, 4.69) is 25.6 Å². The SMILES string of the molecule is CS(=O)(=O)Nc1cc(-c2ccc(F)cc2F)cc(-c2cnc3cc(Br)ccn23)c1. The van der Waals surface area contributed by atoms with Gasteiger partial charge in [-0.15, -0.1) is 0 Å². The van der Waals surface area contributed by atoms with Crippen LogP contribution in [0.5, 0.6) is 0 Å². The Morgan fingerprint density at radius 3 is 2.52 bits per heavy atom. The van der Waals surface area contributed by atoms with Gasteiger partial charge in [0, 0.05) is 33.6 Å². The zero-order chi connectivity index (χ0) is 20.8. The van der Waals surface area contributed by atoms with Gasteiger partial charge in [-0.3, -0.25) is 9.12 Å². The normalized spacial score (nSPS) is 11.7. The van der Waals surface area contributed by atoms with Gasteiger partial charge in [0.25, 0.3) is 0 Å². The largest absolute Gasteiger partial charge is 0.300 e. The van der Waals surface area contributed by atoms with Crippen molar-refractivity contribution in [2.24, 2.45) is 0 Å². The molecule has 0 fully saturated rings. The molecule has 0 aliphatic heterocycles. The quantitative estimate of drug-likeness (QED) is 0.445. The number of anilines is 1. The van der Waals surface area contributed by atoms with Crippen LogP contribution in [0, 0.1) is 11.6 Å². The summed E-state index contributed by atoms with van der Waals surface area (Å²) in [5, 5.41) is 0. The van der Waals surface area contributed by atoms with E-state index in [0.717, 1.165) is 22.9 Å². The highest BCUT2D eigenvalue weighted by molar-refractivity contribution is 9.10. The predicted molar refractivity (Wildman–Crippen MR) is 112 cm³/mol. The second kappa shape index (κ2) is 7.23. The van der Waals surface area contributed by atoms with Crippen molar-refractivity contribution in [1.29, 1.82) is 0 Å². The molecule has 0 aliphatic carbocycles. The third-order valence-corrected chi connectivity index (χ3v) is 5.35. The van der Waals surface area contributed by atoms with Crippen LogP contribution in [0.2, 0.25) is 0 Å². The van der Waals surface area contributed by atoms with E-state index in [4.69, 9.17) is 0 Å². The maximum Gasteiger partial charge on any atom is 0.229 e. The fourth-order valence-electron chi connectivity index (χ4n) is 3.10. The zero-order valence-electron chi connectivity index (χ0n) is 15.0. The molecule has 0 saturated carbocycles. The Morgan fingerprint density at radius 1 is 1.03 bits per heavy atom. The van der Waals surface area contributed by atoms with Gasteiger partial charge < -0.3 is 0 Å². The standard InChI is InChI=1S/C20H14BrF2N3O2S/c1-29(27,28)25-16-7-12(17-3-2-15(22)10-18(17)23)6-13(8-16)19-11-24-20-9-14(21)4-5-26(19)20/h2-11,25H,1H3. The highest BCUT2D eigenvalue weighted by Crippen LogP contribution is 2.33. The summed E-state index contributed by atoms with van der Waals surface area (Å²) in [6.07, 6.45) is 4.49. The monoisotopic (exact) mass is 477 g/mol. The molecule has 0 bridgehead atoms. The van der Waals surface area contributed by atoms with Crippen LogP contribution in [-0.2, 0) is 10.0 Å². The van der Waals surface area contributed by atoms with Crippen molar-refractivity contribution in [2.75, 3.05) is 11.0 Å². The zero-order valence-corrected chi connectivity index (χ0v) is 17.4. The Balaban J connectivity index is 1.94. The molecule has 148 valence electrons. The van der Waals surface area contributed by atoms with Gasteiger partial charge in [-0.2, -0.15) is 0 Å². The molecule has 0 radical (unpaired) electrons. The molecule has 0 atom stereocenters. The highest BCUT2D eigenvalue weighted by atomic mass is 79.9. The van der Waals surface area contributed by atoms with E-state index in [-0.39, 0.29) is 11.3 Å². The van der Waals surface area contributed by atoms with Gasteiger partial charge in [-0.25, -0.2) is 22.2 Å². The van der Waals surface area contributed by atoms with E-state index in [9.17, 15) is 17.2 Å². The molecule has 4 rings (SSSR count). The molecule has 1 N–H and O–H groups in total. The number of hydrogen-bond acceptors (Lipinski definition) is 3. The number of fused-ring (bicyclic) bond motifs is 1. The molecule has 5 nitrogen and oxygen atoms in total. The number of aromatic nitrogens is 2. The first kappa shape index (κ1) is 19.5. The lowest BCUT2D eigenvalue weighted by molar-refractivity contribution is 0.585. The van der Waals surface area contributed by atoms with Gasteiger partial charge in [-0.1, -0.05) is 15.9 Å². The number of nitrogens with one attached hydrogen (secondary N) is 1. The molecule has 0 saturated heterocycles. The fraction of sp³-hybridized carbons (Fsp3) is 0.0500. The van der Waals surface area contributed by atoms with E-state index < -0.39 is 21.7 Å². The smallest absolute Gasteiger partial charge is 0.229 e. The predicted octanol–water partition coefficient (Wildman–Crippen LogP) is 5.08. The first-order valence-electron chi connectivity index (χ1n) is 8.41. The van der Waals surface area contributed by atoms with Crippen LogP contribution >= 0.6 is 15.9 Å². The minimum Gasteiger partial charge on any atom is -0.300 e. The van der Waals surface area contributed by atoms with Gasteiger partial charge in [0.2, 0.25) is 10.0 Å². The van der Waals surface area contributed by atoms with Gasteiger partial charge in [0.1, 0.15) is 17.3 Å². The van der Waals surface area contributed by atoms with Crippen LogP contribution in [0.1, 0.15) is 0 Å². The van der Waals surface area contributed by atoms with E-state index in [1.165, 1.54) is 12.1 Å². The van der Waals surface area contributed by atoms with E-state index in [1.54, 1.807) is 18.3 Å². The fourth-order valence-corrected chi connectivity index (χ4v) is 3.97. The van der Waals surface area contributed by atoms with Crippen molar-refractivity contribution in [3.63, 3.8) is 0 Å². The molecule has 2 aromatic carbocycles. The Bertz CT molecular complexity index is 1350. The average Bonchev–Trinajstić information content (AvgIpc) is 3.03. The molecule has 0 unspecified atom stereocenters. The summed E-state index contributed by atoms with van der Waals surface area (Å²) >= 11 is 3.40. The summed E-state index contributed by atoms with van der Waals surface area (Å²) in [5.74, 6) is -1.43. The number of nitrogens with zero attached hydrogens (tertiary/aromatic N) is 2. The van der Waals surface area contributed by atoms with Crippen molar-refractivity contribution < 1.29 is 17.2 Å². The van der Waals surface area contributed by atoms with Gasteiger partial charge >= 0.3 is 0 Å². The van der Waals surface area contributed by atoms with Crippen LogP contribution in [-0.4, -0.2) is 24.1 Å². The summed E-state index contributed by atoms with van der Waals surface area (Å²) in [6, 6.07) is 11.8. The summed E-state index contributed by atoms with van der Waals surface area (Å²) in [5.41, 5.74) is 2.81.